The van der Waals surface area contributed by atoms with Crippen LogP contribution in [-0.4, -0.2) is 14.8 Å². The number of halogens is 2. The Labute approximate surface area is 127 Å². The molecule has 1 heterocycles. The summed E-state index contributed by atoms with van der Waals surface area (Å²) in [7, 11) is 1.87. The predicted octanol–water partition coefficient (Wildman–Crippen LogP) is 4.03. The van der Waals surface area contributed by atoms with Gasteiger partial charge >= 0.3 is 0 Å². The van der Waals surface area contributed by atoms with Crippen LogP contribution in [0.1, 0.15) is 37.4 Å². The first-order chi connectivity index (χ1) is 9.56. The first kappa shape index (κ1) is 13.7. The Bertz CT molecular complexity index is 645. The van der Waals surface area contributed by atoms with Crippen molar-refractivity contribution in [3.05, 3.63) is 28.0 Å². The molecule has 2 N–H and O–H groups in total. The van der Waals surface area contributed by atoms with Gasteiger partial charge in [0.05, 0.1) is 10.7 Å². The number of nitrogens with two attached hydrogens (primary N) is 1. The lowest BCUT2D eigenvalue weighted by Gasteiger charge is -2.07. The number of nitrogens with zero attached hydrogens (tertiary/aromatic N) is 3. The van der Waals surface area contributed by atoms with Crippen LogP contribution in [0.15, 0.2) is 12.1 Å². The van der Waals surface area contributed by atoms with Gasteiger partial charge in [-0.3, -0.25) is 0 Å². The van der Waals surface area contributed by atoms with Crippen molar-refractivity contribution in [3.63, 3.8) is 0 Å². The Hall–Kier alpha value is -1.26. The van der Waals surface area contributed by atoms with Crippen molar-refractivity contribution in [1.82, 2.24) is 14.8 Å². The number of nitrogen functional groups attached to an aromatic ring is 1. The monoisotopic (exact) mass is 310 g/mol. The molecule has 6 heteroatoms. The topological polar surface area (TPSA) is 56.7 Å². The highest BCUT2D eigenvalue weighted by Gasteiger charge is 2.23. The van der Waals surface area contributed by atoms with E-state index in [1.54, 1.807) is 16.8 Å². The summed E-state index contributed by atoms with van der Waals surface area (Å²) in [6, 6.07) is 3.42. The zero-order valence-electron chi connectivity index (χ0n) is 11.2. The van der Waals surface area contributed by atoms with Crippen molar-refractivity contribution >= 4 is 28.9 Å². The highest BCUT2D eigenvalue weighted by Crippen LogP contribution is 2.36. The summed E-state index contributed by atoms with van der Waals surface area (Å²) in [5.41, 5.74) is 7.27. The van der Waals surface area contributed by atoms with E-state index in [4.69, 9.17) is 28.9 Å². The molecule has 1 aromatic heterocycles. The van der Waals surface area contributed by atoms with Gasteiger partial charge in [0.2, 0.25) is 0 Å². The van der Waals surface area contributed by atoms with E-state index in [2.05, 4.69) is 10.1 Å². The summed E-state index contributed by atoms with van der Waals surface area (Å²) in [5, 5.41) is 5.52. The smallest absolute Gasteiger partial charge is 0.160 e. The SMILES string of the molecule is Cn1nc(C2CCCC2)nc1-c1cc(Cl)cc(Cl)c1N. The molecule has 0 aliphatic heterocycles. The van der Waals surface area contributed by atoms with Crippen LogP contribution in [0.4, 0.5) is 5.69 Å². The van der Waals surface area contributed by atoms with Gasteiger partial charge in [-0.2, -0.15) is 5.10 Å². The van der Waals surface area contributed by atoms with Gasteiger partial charge in [0, 0.05) is 23.6 Å². The van der Waals surface area contributed by atoms with Gasteiger partial charge in [0.1, 0.15) is 0 Å². The number of aromatic nitrogens is 3. The number of anilines is 1. The third-order valence-electron chi connectivity index (χ3n) is 3.83. The predicted molar refractivity (Wildman–Crippen MR) is 82.1 cm³/mol. The normalized spacial score (nSPS) is 15.9. The van der Waals surface area contributed by atoms with E-state index in [0.29, 0.717) is 27.5 Å². The van der Waals surface area contributed by atoms with Crippen molar-refractivity contribution in [2.24, 2.45) is 7.05 Å². The number of benzene rings is 1. The highest BCUT2D eigenvalue weighted by atomic mass is 35.5. The Morgan fingerprint density at radius 1 is 1.25 bits per heavy atom. The molecule has 0 bridgehead atoms. The largest absolute Gasteiger partial charge is 0.397 e. The lowest BCUT2D eigenvalue weighted by atomic mass is 10.1. The average molecular weight is 311 g/mol. The minimum Gasteiger partial charge on any atom is -0.397 e. The zero-order valence-corrected chi connectivity index (χ0v) is 12.7. The molecule has 0 atom stereocenters. The van der Waals surface area contributed by atoms with Crippen LogP contribution in [0.3, 0.4) is 0 Å². The lowest BCUT2D eigenvalue weighted by molar-refractivity contribution is 0.648. The standard InChI is InChI=1S/C14H16Cl2N4/c1-20-14(10-6-9(15)7-11(16)12(10)17)18-13(19-20)8-4-2-3-5-8/h6-8H,2-5,17H2,1H3. The molecule has 1 saturated carbocycles. The van der Waals surface area contributed by atoms with Crippen LogP contribution in [0, 0.1) is 0 Å². The van der Waals surface area contributed by atoms with E-state index in [-0.39, 0.29) is 0 Å². The van der Waals surface area contributed by atoms with Crippen LogP contribution < -0.4 is 5.73 Å². The number of hydrogen-bond donors (Lipinski definition) is 1. The maximum absolute atomic E-state index is 6.09. The van der Waals surface area contributed by atoms with E-state index in [1.165, 1.54) is 12.8 Å². The molecule has 4 nitrogen and oxygen atoms in total. The Balaban J connectivity index is 2.06. The fraction of sp³-hybridized carbons (Fsp3) is 0.429. The van der Waals surface area contributed by atoms with E-state index in [1.807, 2.05) is 7.05 Å². The number of aryl methyl sites for hydroxylation is 1. The highest BCUT2D eigenvalue weighted by molar-refractivity contribution is 6.37. The molecular weight excluding hydrogens is 295 g/mol. The van der Waals surface area contributed by atoms with Crippen molar-refractivity contribution in [1.29, 1.82) is 0 Å². The second-order valence-electron chi connectivity index (χ2n) is 5.25. The second-order valence-corrected chi connectivity index (χ2v) is 6.09. The molecule has 1 aliphatic carbocycles. The van der Waals surface area contributed by atoms with Crippen LogP contribution in [0.25, 0.3) is 11.4 Å². The third kappa shape index (κ3) is 2.38. The third-order valence-corrected chi connectivity index (χ3v) is 4.37. The molecule has 0 spiro atoms. The maximum Gasteiger partial charge on any atom is 0.160 e. The summed E-state index contributed by atoms with van der Waals surface area (Å²) < 4.78 is 1.76. The van der Waals surface area contributed by atoms with Gasteiger partial charge in [0.15, 0.2) is 11.6 Å². The zero-order chi connectivity index (χ0) is 14.3. The summed E-state index contributed by atoms with van der Waals surface area (Å²) >= 11 is 12.1. The average Bonchev–Trinajstić information content (AvgIpc) is 3.02. The maximum atomic E-state index is 6.09. The van der Waals surface area contributed by atoms with Crippen molar-refractivity contribution in [2.75, 3.05) is 5.73 Å². The Morgan fingerprint density at radius 3 is 2.65 bits per heavy atom. The molecule has 0 amide bonds. The fourth-order valence-corrected chi connectivity index (χ4v) is 3.26. The van der Waals surface area contributed by atoms with Crippen LogP contribution in [-0.2, 0) is 7.05 Å². The summed E-state index contributed by atoms with van der Waals surface area (Å²) in [6.07, 6.45) is 4.83. The fourth-order valence-electron chi connectivity index (χ4n) is 2.77. The molecule has 1 aromatic carbocycles. The van der Waals surface area contributed by atoms with Crippen molar-refractivity contribution in [2.45, 2.75) is 31.6 Å². The van der Waals surface area contributed by atoms with Crippen LogP contribution in [0.5, 0.6) is 0 Å². The molecule has 1 fully saturated rings. The Morgan fingerprint density at radius 2 is 1.95 bits per heavy atom. The van der Waals surface area contributed by atoms with E-state index >= 15 is 0 Å². The van der Waals surface area contributed by atoms with Gasteiger partial charge in [0.25, 0.3) is 0 Å². The molecule has 0 radical (unpaired) electrons. The summed E-state index contributed by atoms with van der Waals surface area (Å²) in [6.45, 7) is 0. The van der Waals surface area contributed by atoms with Crippen LogP contribution >= 0.6 is 23.2 Å². The van der Waals surface area contributed by atoms with Gasteiger partial charge in [-0.15, -0.1) is 0 Å². The second kappa shape index (κ2) is 5.26. The van der Waals surface area contributed by atoms with E-state index < -0.39 is 0 Å². The molecule has 1 aliphatic rings. The first-order valence-corrected chi connectivity index (χ1v) is 7.47. The molecule has 3 rings (SSSR count). The molecule has 0 unspecified atom stereocenters. The molecule has 0 saturated heterocycles. The molecule has 2 aromatic rings. The molecule has 106 valence electrons. The van der Waals surface area contributed by atoms with Crippen LogP contribution in [0.2, 0.25) is 10.0 Å². The minimum absolute atomic E-state index is 0.443. The first-order valence-electron chi connectivity index (χ1n) is 6.72. The summed E-state index contributed by atoms with van der Waals surface area (Å²) in [5.74, 6) is 2.08. The number of hydrogen-bond acceptors (Lipinski definition) is 3. The van der Waals surface area contributed by atoms with E-state index in [9.17, 15) is 0 Å². The molecule has 20 heavy (non-hydrogen) atoms. The molecular formula is C14H16Cl2N4. The summed E-state index contributed by atoms with van der Waals surface area (Å²) in [4.78, 5) is 4.66. The quantitative estimate of drug-likeness (QED) is 0.852. The lowest BCUT2D eigenvalue weighted by Crippen LogP contribution is -1.99. The van der Waals surface area contributed by atoms with Crippen molar-refractivity contribution in [3.8, 4) is 11.4 Å². The van der Waals surface area contributed by atoms with Crippen molar-refractivity contribution < 1.29 is 0 Å². The van der Waals surface area contributed by atoms with Gasteiger partial charge in [-0.25, -0.2) is 9.67 Å². The van der Waals surface area contributed by atoms with Gasteiger partial charge < -0.3 is 5.73 Å². The van der Waals surface area contributed by atoms with Gasteiger partial charge in [-0.1, -0.05) is 36.0 Å². The Kier molecular flexibility index (Phi) is 3.61. The number of rotatable bonds is 2. The minimum atomic E-state index is 0.443. The van der Waals surface area contributed by atoms with Gasteiger partial charge in [-0.05, 0) is 25.0 Å². The van der Waals surface area contributed by atoms with E-state index in [0.717, 1.165) is 24.2 Å².